The lowest BCUT2D eigenvalue weighted by atomic mass is 10.5. The molecular weight excluding hydrogens is 229 g/mol. The average Bonchev–Trinajstić information content (AvgIpc) is 1.81. The predicted octanol–water partition coefficient (Wildman–Crippen LogP) is 1.85. The first kappa shape index (κ1) is 16.2. The second-order valence-electron chi connectivity index (χ2n) is 3.77. The van der Waals surface area contributed by atoms with Gasteiger partial charge in [-0.25, -0.2) is 4.79 Å². The number of likely N-dealkylation sites (N-methyl/N-ethyl adjacent to an activating group) is 1. The van der Waals surface area contributed by atoms with Crippen LogP contribution in [-0.4, -0.2) is 50.5 Å². The van der Waals surface area contributed by atoms with Crippen LogP contribution < -0.4 is 0 Å². The van der Waals surface area contributed by atoms with E-state index in [1.807, 2.05) is 21.1 Å². The Hall–Kier alpha value is -0.190. The maximum absolute atomic E-state index is 10.8. The molecule has 0 bridgehead atoms. The van der Waals surface area contributed by atoms with E-state index in [0.29, 0.717) is 6.61 Å². The van der Waals surface area contributed by atoms with E-state index in [9.17, 15) is 4.79 Å². The lowest BCUT2D eigenvalue weighted by Gasteiger charge is -2.23. The largest absolute Gasteiger partial charge is 0.509 e. The molecule has 14 heavy (non-hydrogen) atoms. The average molecular weight is 247 g/mol. The van der Waals surface area contributed by atoms with E-state index >= 15 is 0 Å². The molecule has 0 rings (SSSR count). The zero-order valence-electron chi connectivity index (χ0n) is 8.95. The molecule has 0 radical (unpaired) electrons. The summed E-state index contributed by atoms with van der Waals surface area (Å²) in [4.78, 5) is 10.8. The minimum absolute atomic E-state index is 0. The summed E-state index contributed by atoms with van der Waals surface area (Å²) in [5.74, 6) is 0. The van der Waals surface area contributed by atoms with Gasteiger partial charge in [-0.2, -0.15) is 0 Å². The molecule has 4 nitrogen and oxygen atoms in total. The van der Waals surface area contributed by atoms with Crippen molar-refractivity contribution >= 4 is 30.2 Å². The number of nitrogens with zero attached hydrogens (tertiary/aromatic N) is 1. The van der Waals surface area contributed by atoms with Crippen molar-refractivity contribution in [3.63, 3.8) is 0 Å². The molecule has 1 atom stereocenters. The number of ether oxygens (including phenoxy) is 2. The van der Waals surface area contributed by atoms with Crippen molar-refractivity contribution < 1.29 is 18.8 Å². The van der Waals surface area contributed by atoms with E-state index in [4.69, 9.17) is 16.3 Å². The van der Waals surface area contributed by atoms with Crippen LogP contribution in [0.2, 0.25) is 0 Å². The molecule has 0 aliphatic rings. The van der Waals surface area contributed by atoms with Gasteiger partial charge in [0.05, 0.1) is 21.1 Å². The molecule has 86 valence electrons. The molecule has 0 saturated carbocycles. The summed E-state index contributed by atoms with van der Waals surface area (Å²) in [6.45, 7) is 2.64. The van der Waals surface area contributed by atoms with Crippen LogP contribution in [-0.2, 0) is 9.47 Å². The van der Waals surface area contributed by atoms with Crippen molar-refractivity contribution in [2.75, 3.05) is 34.3 Å². The number of carbonyl (C=O) groups is 1. The van der Waals surface area contributed by atoms with Crippen LogP contribution >= 0.6 is 24.0 Å². The number of rotatable bonds is 4. The molecule has 1 unspecified atom stereocenters. The summed E-state index contributed by atoms with van der Waals surface area (Å²) in [7, 11) is 6.04. The summed E-state index contributed by atoms with van der Waals surface area (Å²) in [6.07, 6.45) is -0.712. The number of quaternary nitrogens is 1. The summed E-state index contributed by atoms with van der Waals surface area (Å²) < 4.78 is 10.1. The van der Waals surface area contributed by atoms with E-state index in [1.165, 1.54) is 0 Å². The highest BCUT2D eigenvalue weighted by Gasteiger charge is 2.11. The third-order valence-corrected chi connectivity index (χ3v) is 1.33. The van der Waals surface area contributed by atoms with Gasteiger partial charge >= 0.3 is 6.16 Å². The number of halogens is 2. The zero-order valence-corrected chi connectivity index (χ0v) is 10.5. The van der Waals surface area contributed by atoms with Gasteiger partial charge in [-0.05, 0) is 6.92 Å². The fraction of sp³-hybridized carbons (Fsp3) is 0.875. The van der Waals surface area contributed by atoms with Gasteiger partial charge < -0.3 is 14.0 Å². The Labute approximate surface area is 96.1 Å². The van der Waals surface area contributed by atoms with E-state index in [2.05, 4.69) is 4.74 Å². The van der Waals surface area contributed by atoms with Crippen molar-refractivity contribution in [2.24, 2.45) is 0 Å². The highest BCUT2D eigenvalue weighted by Crippen LogP contribution is 1.98. The molecule has 0 amide bonds. The lowest BCUT2D eigenvalue weighted by Crippen LogP contribution is -2.38. The molecule has 0 aliphatic carbocycles. The molecule has 0 fully saturated rings. The lowest BCUT2D eigenvalue weighted by molar-refractivity contribution is -0.870. The molecule has 0 aromatic carbocycles. The van der Waals surface area contributed by atoms with E-state index < -0.39 is 11.7 Å². The minimum Gasteiger partial charge on any atom is -0.428 e. The van der Waals surface area contributed by atoms with Crippen molar-refractivity contribution in [1.29, 1.82) is 0 Å². The molecule has 0 saturated heterocycles. The van der Waals surface area contributed by atoms with Crippen LogP contribution in [0.1, 0.15) is 6.92 Å². The first-order chi connectivity index (χ1) is 5.81. The van der Waals surface area contributed by atoms with Crippen molar-refractivity contribution in [3.05, 3.63) is 0 Å². The van der Waals surface area contributed by atoms with Crippen molar-refractivity contribution in [2.45, 2.75) is 12.5 Å². The summed E-state index contributed by atoms with van der Waals surface area (Å²) >= 11 is 5.41. The molecule has 0 aliphatic heterocycles. The zero-order chi connectivity index (χ0) is 10.5. The summed E-state index contributed by atoms with van der Waals surface area (Å²) in [5.41, 5.74) is -0.642. The monoisotopic (exact) mass is 246 g/mol. The second kappa shape index (κ2) is 7.15. The van der Waals surface area contributed by atoms with E-state index in [0.717, 1.165) is 11.0 Å². The van der Waals surface area contributed by atoms with Crippen LogP contribution in [0.15, 0.2) is 0 Å². The van der Waals surface area contributed by atoms with Gasteiger partial charge in [-0.15, -0.1) is 12.4 Å². The Morgan fingerprint density at radius 3 is 2.29 bits per heavy atom. The normalized spacial score (nSPS) is 12.6. The van der Waals surface area contributed by atoms with E-state index in [1.54, 1.807) is 6.92 Å². The van der Waals surface area contributed by atoms with Gasteiger partial charge in [-0.3, -0.25) is 0 Å². The molecule has 0 aromatic heterocycles. The standard InChI is InChI=1S/C8H17ClNO3.ClH/c1-7(9)13-8(11)12-6-5-10(2,3)4;/h7H,5-6H2,1-4H3;1H/q+1;. The molecule has 0 N–H and O–H groups in total. The third kappa shape index (κ3) is 11.8. The fourth-order valence-electron chi connectivity index (χ4n) is 0.569. The summed E-state index contributed by atoms with van der Waals surface area (Å²) in [6, 6.07) is 0. The number of hydrogen-bond acceptors (Lipinski definition) is 3. The Kier molecular flexibility index (Phi) is 8.30. The van der Waals surface area contributed by atoms with E-state index in [-0.39, 0.29) is 12.4 Å². The van der Waals surface area contributed by atoms with Crippen LogP contribution in [0.5, 0.6) is 0 Å². The van der Waals surface area contributed by atoms with Gasteiger partial charge in [-0.1, -0.05) is 11.6 Å². The SMILES string of the molecule is CC(Cl)OC(=O)OCC[N+](C)(C)C.Cl. The third-order valence-electron chi connectivity index (χ3n) is 1.24. The fourth-order valence-corrected chi connectivity index (χ4v) is 0.642. The van der Waals surface area contributed by atoms with Gasteiger partial charge in [0, 0.05) is 0 Å². The Morgan fingerprint density at radius 1 is 1.43 bits per heavy atom. The van der Waals surface area contributed by atoms with Crippen molar-refractivity contribution in [3.8, 4) is 0 Å². The Morgan fingerprint density at radius 2 is 1.93 bits per heavy atom. The smallest absolute Gasteiger partial charge is 0.428 e. The number of carbonyl (C=O) groups excluding carboxylic acids is 1. The van der Waals surface area contributed by atoms with Crippen LogP contribution in [0, 0.1) is 0 Å². The first-order valence-corrected chi connectivity index (χ1v) is 4.53. The quantitative estimate of drug-likeness (QED) is 0.432. The summed E-state index contributed by atoms with van der Waals surface area (Å²) in [5, 5.41) is 0. The van der Waals surface area contributed by atoms with Crippen LogP contribution in [0.4, 0.5) is 4.79 Å². The second-order valence-corrected chi connectivity index (χ2v) is 4.39. The van der Waals surface area contributed by atoms with Crippen LogP contribution in [0.3, 0.4) is 0 Å². The Bertz CT molecular complexity index is 168. The molecule has 0 spiro atoms. The van der Waals surface area contributed by atoms with Gasteiger partial charge in [0.1, 0.15) is 13.2 Å². The maximum Gasteiger partial charge on any atom is 0.509 e. The van der Waals surface area contributed by atoms with Gasteiger partial charge in [0.15, 0.2) is 5.56 Å². The molecule has 6 heteroatoms. The first-order valence-electron chi connectivity index (χ1n) is 4.09. The topological polar surface area (TPSA) is 35.5 Å². The highest BCUT2D eigenvalue weighted by atomic mass is 35.5. The maximum atomic E-state index is 10.8. The molecule has 0 aromatic rings. The molecular formula is C8H18Cl2NO3+. The number of hydrogen-bond donors (Lipinski definition) is 0. The van der Waals surface area contributed by atoms with Gasteiger partial charge in [0.2, 0.25) is 0 Å². The highest BCUT2D eigenvalue weighted by molar-refractivity contribution is 6.19. The van der Waals surface area contributed by atoms with Gasteiger partial charge in [0.25, 0.3) is 0 Å². The van der Waals surface area contributed by atoms with Crippen molar-refractivity contribution in [1.82, 2.24) is 0 Å². The number of alkyl halides is 1. The predicted molar refractivity (Wildman–Crippen MR) is 57.9 cm³/mol. The Balaban J connectivity index is 0. The minimum atomic E-state index is -0.712. The van der Waals surface area contributed by atoms with Crippen LogP contribution in [0.25, 0.3) is 0 Å². The molecule has 0 heterocycles.